The first kappa shape index (κ1) is 13.8. The quantitative estimate of drug-likeness (QED) is 0.793. The first-order valence-electron chi connectivity index (χ1n) is 7.26. The van der Waals surface area contributed by atoms with Crippen molar-refractivity contribution < 1.29 is 4.79 Å². The Morgan fingerprint density at radius 3 is 3.00 bits per heavy atom. The Bertz CT molecular complexity index is 433. The summed E-state index contributed by atoms with van der Waals surface area (Å²) in [4.78, 5) is 16.5. The number of hydrogen-bond donors (Lipinski definition) is 2. The van der Waals surface area contributed by atoms with Crippen LogP contribution in [-0.4, -0.2) is 23.5 Å². The van der Waals surface area contributed by atoms with Gasteiger partial charge in [0, 0.05) is 18.8 Å². The monoisotopic (exact) mass is 261 g/mol. The van der Waals surface area contributed by atoms with Gasteiger partial charge in [-0.05, 0) is 37.3 Å². The van der Waals surface area contributed by atoms with E-state index < -0.39 is 0 Å². The summed E-state index contributed by atoms with van der Waals surface area (Å²) in [7, 11) is 0. The van der Waals surface area contributed by atoms with Gasteiger partial charge in [0.05, 0.1) is 5.56 Å². The third-order valence-electron chi connectivity index (χ3n) is 3.49. The summed E-state index contributed by atoms with van der Waals surface area (Å²) in [5, 5.41) is 6.30. The zero-order valence-electron chi connectivity index (χ0n) is 11.8. The lowest BCUT2D eigenvalue weighted by Crippen LogP contribution is -2.28. The second-order valence-corrected chi connectivity index (χ2v) is 5.19. The van der Waals surface area contributed by atoms with Crippen LogP contribution >= 0.6 is 0 Å². The zero-order chi connectivity index (χ0) is 13.7. The van der Waals surface area contributed by atoms with Crippen molar-refractivity contribution in [1.82, 2.24) is 10.3 Å². The Balaban J connectivity index is 1.95. The molecule has 4 nitrogen and oxygen atoms in total. The first-order chi connectivity index (χ1) is 9.26. The van der Waals surface area contributed by atoms with E-state index >= 15 is 0 Å². The molecule has 1 aromatic heterocycles. The summed E-state index contributed by atoms with van der Waals surface area (Å²) in [6.07, 6.45) is 6.24. The minimum Gasteiger partial charge on any atom is -0.369 e. The maximum Gasteiger partial charge on any atom is 0.255 e. The Kier molecular flexibility index (Phi) is 4.77. The fourth-order valence-corrected chi connectivity index (χ4v) is 2.33. The summed E-state index contributed by atoms with van der Waals surface area (Å²) in [5.74, 6) is 1.36. The highest BCUT2D eigenvalue weighted by Gasteiger charge is 2.37. The molecular weight excluding hydrogens is 238 g/mol. The van der Waals surface area contributed by atoms with E-state index in [2.05, 4.69) is 29.5 Å². The molecule has 1 saturated carbocycles. The molecule has 1 fully saturated rings. The van der Waals surface area contributed by atoms with Gasteiger partial charge in [0.15, 0.2) is 0 Å². The van der Waals surface area contributed by atoms with Crippen LogP contribution in [0, 0.1) is 5.92 Å². The molecule has 0 radical (unpaired) electrons. The molecule has 1 heterocycles. The molecule has 2 N–H and O–H groups in total. The molecule has 19 heavy (non-hydrogen) atoms. The van der Waals surface area contributed by atoms with Crippen LogP contribution in [0.2, 0.25) is 0 Å². The lowest BCUT2D eigenvalue weighted by atomic mass is 10.2. The summed E-state index contributed by atoms with van der Waals surface area (Å²) in [6, 6.07) is 4.01. The Morgan fingerprint density at radius 2 is 2.26 bits per heavy atom. The molecule has 2 atom stereocenters. The average molecular weight is 261 g/mol. The van der Waals surface area contributed by atoms with Crippen LogP contribution in [-0.2, 0) is 0 Å². The van der Waals surface area contributed by atoms with Crippen LogP contribution in [0.1, 0.15) is 49.9 Å². The van der Waals surface area contributed by atoms with Gasteiger partial charge in [-0.15, -0.1) is 0 Å². The third-order valence-corrected chi connectivity index (χ3v) is 3.49. The number of nitrogens with zero attached hydrogens (tertiary/aromatic N) is 1. The molecule has 2 rings (SSSR count). The molecule has 2 unspecified atom stereocenters. The van der Waals surface area contributed by atoms with Crippen molar-refractivity contribution in [3.8, 4) is 0 Å². The Hall–Kier alpha value is -1.58. The molecule has 1 aliphatic carbocycles. The van der Waals surface area contributed by atoms with Crippen LogP contribution in [0.3, 0.4) is 0 Å². The number of hydrogen-bond acceptors (Lipinski definition) is 3. The molecule has 1 aliphatic rings. The Labute approximate surface area is 115 Å². The fraction of sp³-hybridized carbons (Fsp3) is 0.600. The zero-order valence-corrected chi connectivity index (χ0v) is 11.8. The van der Waals surface area contributed by atoms with E-state index in [1.54, 1.807) is 6.20 Å². The number of carbonyl (C=O) groups is 1. The summed E-state index contributed by atoms with van der Waals surface area (Å²) < 4.78 is 0. The maximum atomic E-state index is 12.2. The molecule has 104 valence electrons. The lowest BCUT2D eigenvalue weighted by molar-refractivity contribution is 0.0949. The van der Waals surface area contributed by atoms with E-state index in [1.807, 2.05) is 12.1 Å². The number of nitrogens with one attached hydrogen (secondary N) is 2. The maximum absolute atomic E-state index is 12.2. The molecule has 0 aliphatic heterocycles. The van der Waals surface area contributed by atoms with E-state index in [9.17, 15) is 4.79 Å². The van der Waals surface area contributed by atoms with Gasteiger partial charge in [-0.25, -0.2) is 4.98 Å². The van der Waals surface area contributed by atoms with Crippen molar-refractivity contribution in [2.45, 2.75) is 45.6 Å². The smallest absolute Gasteiger partial charge is 0.255 e. The predicted molar refractivity (Wildman–Crippen MR) is 77.3 cm³/mol. The molecule has 1 aromatic rings. The molecular formula is C15H23N3O. The second kappa shape index (κ2) is 6.55. The number of carbonyl (C=O) groups excluding carboxylic acids is 1. The van der Waals surface area contributed by atoms with Crippen LogP contribution in [0.25, 0.3) is 0 Å². The van der Waals surface area contributed by atoms with Crippen molar-refractivity contribution in [2.24, 2.45) is 5.92 Å². The summed E-state index contributed by atoms with van der Waals surface area (Å²) in [6.45, 7) is 5.11. The largest absolute Gasteiger partial charge is 0.369 e. The SMILES string of the molecule is CCCNc1ncccc1C(=O)NC1CC1CCC. The molecule has 0 saturated heterocycles. The van der Waals surface area contributed by atoms with Gasteiger partial charge in [-0.1, -0.05) is 20.3 Å². The van der Waals surface area contributed by atoms with Crippen molar-refractivity contribution in [2.75, 3.05) is 11.9 Å². The normalized spacial score (nSPS) is 20.9. The van der Waals surface area contributed by atoms with Crippen LogP contribution in [0.5, 0.6) is 0 Å². The topological polar surface area (TPSA) is 54.0 Å². The van der Waals surface area contributed by atoms with Gasteiger partial charge >= 0.3 is 0 Å². The molecule has 0 bridgehead atoms. The van der Waals surface area contributed by atoms with E-state index in [4.69, 9.17) is 0 Å². The minimum absolute atomic E-state index is 0.00435. The highest BCUT2D eigenvalue weighted by atomic mass is 16.1. The minimum atomic E-state index is -0.00435. The summed E-state index contributed by atoms with van der Waals surface area (Å²) >= 11 is 0. The van der Waals surface area contributed by atoms with Crippen LogP contribution in [0.15, 0.2) is 18.3 Å². The van der Waals surface area contributed by atoms with E-state index in [-0.39, 0.29) is 5.91 Å². The van der Waals surface area contributed by atoms with Crippen molar-refractivity contribution in [1.29, 1.82) is 0 Å². The molecule has 1 amide bonds. The average Bonchev–Trinajstić information content (AvgIpc) is 3.15. The number of aromatic nitrogens is 1. The highest BCUT2D eigenvalue weighted by Crippen LogP contribution is 2.34. The van der Waals surface area contributed by atoms with E-state index in [0.29, 0.717) is 23.3 Å². The van der Waals surface area contributed by atoms with Crippen LogP contribution in [0.4, 0.5) is 5.82 Å². The van der Waals surface area contributed by atoms with Crippen molar-refractivity contribution in [3.05, 3.63) is 23.9 Å². The second-order valence-electron chi connectivity index (χ2n) is 5.19. The fourth-order valence-electron chi connectivity index (χ4n) is 2.33. The number of pyridine rings is 1. The van der Waals surface area contributed by atoms with Gasteiger partial charge in [-0.2, -0.15) is 0 Å². The van der Waals surface area contributed by atoms with Gasteiger partial charge in [-0.3, -0.25) is 4.79 Å². The van der Waals surface area contributed by atoms with Gasteiger partial charge in [0.1, 0.15) is 5.82 Å². The van der Waals surface area contributed by atoms with E-state index in [0.717, 1.165) is 19.4 Å². The number of amides is 1. The van der Waals surface area contributed by atoms with Crippen molar-refractivity contribution in [3.63, 3.8) is 0 Å². The van der Waals surface area contributed by atoms with Gasteiger partial charge in [0.2, 0.25) is 0 Å². The van der Waals surface area contributed by atoms with Gasteiger partial charge < -0.3 is 10.6 Å². The number of anilines is 1. The highest BCUT2D eigenvalue weighted by molar-refractivity contribution is 5.99. The Morgan fingerprint density at radius 1 is 1.42 bits per heavy atom. The third kappa shape index (κ3) is 3.69. The van der Waals surface area contributed by atoms with Crippen LogP contribution < -0.4 is 10.6 Å². The first-order valence-corrected chi connectivity index (χ1v) is 7.26. The van der Waals surface area contributed by atoms with E-state index in [1.165, 1.54) is 12.8 Å². The molecule has 0 spiro atoms. The molecule has 4 heteroatoms. The van der Waals surface area contributed by atoms with Gasteiger partial charge in [0.25, 0.3) is 5.91 Å². The standard InChI is InChI=1S/C15H23N3O/c1-3-6-11-10-13(11)18-15(19)12-7-5-9-17-14(12)16-8-4-2/h5,7,9,11,13H,3-4,6,8,10H2,1-2H3,(H,16,17)(H,18,19). The lowest BCUT2D eigenvalue weighted by Gasteiger charge is -2.10. The molecule has 0 aromatic carbocycles. The van der Waals surface area contributed by atoms with Crippen molar-refractivity contribution >= 4 is 11.7 Å². The predicted octanol–water partition coefficient (Wildman–Crippen LogP) is 2.82. The summed E-state index contributed by atoms with van der Waals surface area (Å²) in [5.41, 5.74) is 0.651. The number of rotatable bonds is 7.